The van der Waals surface area contributed by atoms with E-state index in [1.807, 2.05) is 6.20 Å². The van der Waals surface area contributed by atoms with E-state index in [-0.39, 0.29) is 0 Å². The fourth-order valence-electron chi connectivity index (χ4n) is 1.60. The number of aromatic nitrogens is 1. The third kappa shape index (κ3) is 2.70. The topological polar surface area (TPSA) is 24.9 Å². The lowest BCUT2D eigenvalue weighted by molar-refractivity contribution is 0.612. The minimum absolute atomic E-state index is 0.325. The zero-order chi connectivity index (χ0) is 11.4. The third-order valence-electron chi connectivity index (χ3n) is 2.35. The van der Waals surface area contributed by atoms with Gasteiger partial charge in [-0.15, -0.1) is 22.7 Å². The van der Waals surface area contributed by atoms with Crippen LogP contribution in [0.5, 0.6) is 0 Å². The van der Waals surface area contributed by atoms with Crippen LogP contribution < -0.4 is 5.32 Å². The predicted molar refractivity (Wildman–Crippen MR) is 71.3 cm³/mol. The van der Waals surface area contributed by atoms with Crippen LogP contribution in [-0.2, 0) is 0 Å². The molecule has 1 unspecified atom stereocenters. The van der Waals surface area contributed by atoms with Gasteiger partial charge in [0.1, 0.15) is 0 Å². The third-order valence-corrected chi connectivity index (χ3v) is 4.26. The summed E-state index contributed by atoms with van der Waals surface area (Å²) in [5.74, 6) is 0. The minimum Gasteiger partial charge on any atom is -0.305 e. The minimum atomic E-state index is 0.325. The highest BCUT2D eigenvalue weighted by Crippen LogP contribution is 2.29. The molecule has 1 N–H and O–H groups in total. The van der Waals surface area contributed by atoms with Gasteiger partial charge in [0.2, 0.25) is 0 Å². The molecule has 0 aromatic carbocycles. The summed E-state index contributed by atoms with van der Waals surface area (Å²) < 4.78 is 0. The largest absolute Gasteiger partial charge is 0.305 e. The van der Waals surface area contributed by atoms with Crippen molar-refractivity contribution in [2.24, 2.45) is 0 Å². The SMILES string of the molecule is CCCNC(c1cccs1)c1cnc(C)s1. The van der Waals surface area contributed by atoms with Crippen molar-refractivity contribution in [1.82, 2.24) is 10.3 Å². The molecular formula is C12H16N2S2. The molecule has 2 nitrogen and oxygen atoms in total. The Balaban J connectivity index is 2.21. The smallest absolute Gasteiger partial charge is 0.0897 e. The number of thiophene rings is 1. The molecule has 0 aliphatic heterocycles. The highest BCUT2D eigenvalue weighted by atomic mass is 32.1. The van der Waals surface area contributed by atoms with Crippen molar-refractivity contribution >= 4 is 22.7 Å². The Morgan fingerprint density at radius 2 is 2.31 bits per heavy atom. The summed E-state index contributed by atoms with van der Waals surface area (Å²) in [6.45, 7) is 5.29. The van der Waals surface area contributed by atoms with Gasteiger partial charge in [-0.05, 0) is 31.3 Å². The van der Waals surface area contributed by atoms with Gasteiger partial charge in [0, 0.05) is 16.0 Å². The van der Waals surface area contributed by atoms with E-state index in [1.54, 1.807) is 22.7 Å². The Morgan fingerprint density at radius 3 is 2.88 bits per heavy atom. The van der Waals surface area contributed by atoms with Crippen molar-refractivity contribution in [3.05, 3.63) is 38.5 Å². The number of aryl methyl sites for hydroxylation is 1. The number of thiazole rings is 1. The Morgan fingerprint density at radius 1 is 1.44 bits per heavy atom. The zero-order valence-electron chi connectivity index (χ0n) is 9.56. The molecule has 0 amide bonds. The molecule has 0 saturated heterocycles. The fourth-order valence-corrected chi connectivity index (χ4v) is 3.37. The van der Waals surface area contributed by atoms with Crippen LogP contribution >= 0.6 is 22.7 Å². The fraction of sp³-hybridized carbons (Fsp3) is 0.417. The number of rotatable bonds is 5. The lowest BCUT2D eigenvalue weighted by Gasteiger charge is -2.14. The number of nitrogens with zero attached hydrogens (tertiary/aromatic N) is 1. The monoisotopic (exact) mass is 252 g/mol. The average Bonchev–Trinajstić information content (AvgIpc) is 2.91. The van der Waals surface area contributed by atoms with Crippen LogP contribution in [0.2, 0.25) is 0 Å². The lowest BCUT2D eigenvalue weighted by atomic mass is 10.2. The lowest BCUT2D eigenvalue weighted by Crippen LogP contribution is -2.21. The van der Waals surface area contributed by atoms with Gasteiger partial charge in [-0.1, -0.05) is 13.0 Å². The van der Waals surface area contributed by atoms with E-state index in [2.05, 4.69) is 41.7 Å². The summed E-state index contributed by atoms with van der Waals surface area (Å²) >= 11 is 3.58. The van der Waals surface area contributed by atoms with Gasteiger partial charge >= 0.3 is 0 Å². The molecule has 0 aliphatic carbocycles. The highest BCUT2D eigenvalue weighted by Gasteiger charge is 2.16. The molecule has 0 aliphatic rings. The van der Waals surface area contributed by atoms with Gasteiger partial charge in [0.05, 0.1) is 11.0 Å². The van der Waals surface area contributed by atoms with Crippen LogP contribution in [-0.4, -0.2) is 11.5 Å². The molecule has 86 valence electrons. The number of hydrogen-bond donors (Lipinski definition) is 1. The van der Waals surface area contributed by atoms with Gasteiger partial charge in [-0.3, -0.25) is 0 Å². The zero-order valence-corrected chi connectivity index (χ0v) is 11.2. The second kappa shape index (κ2) is 5.57. The molecule has 4 heteroatoms. The summed E-state index contributed by atoms with van der Waals surface area (Å²) in [7, 11) is 0. The molecule has 2 rings (SSSR count). The van der Waals surface area contributed by atoms with E-state index >= 15 is 0 Å². The van der Waals surface area contributed by atoms with Gasteiger partial charge in [-0.2, -0.15) is 0 Å². The molecule has 2 aromatic heterocycles. The Hall–Kier alpha value is -0.710. The van der Waals surface area contributed by atoms with Crippen LogP contribution in [0.15, 0.2) is 23.7 Å². The maximum absolute atomic E-state index is 4.34. The van der Waals surface area contributed by atoms with E-state index < -0.39 is 0 Å². The van der Waals surface area contributed by atoms with Crippen molar-refractivity contribution in [3.8, 4) is 0 Å². The Kier molecular flexibility index (Phi) is 4.09. The van der Waals surface area contributed by atoms with E-state index in [9.17, 15) is 0 Å². The van der Waals surface area contributed by atoms with E-state index in [4.69, 9.17) is 0 Å². The van der Waals surface area contributed by atoms with Gasteiger partial charge in [0.15, 0.2) is 0 Å². The van der Waals surface area contributed by atoms with Crippen molar-refractivity contribution in [2.75, 3.05) is 6.54 Å². The Labute approximate surface area is 104 Å². The summed E-state index contributed by atoms with van der Waals surface area (Å²) in [6, 6.07) is 4.62. The molecule has 0 spiro atoms. The first-order valence-electron chi connectivity index (χ1n) is 5.50. The molecule has 16 heavy (non-hydrogen) atoms. The first-order chi connectivity index (χ1) is 7.81. The van der Waals surface area contributed by atoms with E-state index in [0.29, 0.717) is 6.04 Å². The maximum Gasteiger partial charge on any atom is 0.0897 e. The number of nitrogens with one attached hydrogen (secondary N) is 1. The second-order valence-electron chi connectivity index (χ2n) is 3.68. The maximum atomic E-state index is 4.34. The van der Waals surface area contributed by atoms with Crippen LogP contribution in [0.4, 0.5) is 0 Å². The predicted octanol–water partition coefficient (Wildman–Crippen LogP) is 3.60. The summed E-state index contributed by atoms with van der Waals surface area (Å²) in [5, 5.41) is 6.85. The second-order valence-corrected chi connectivity index (χ2v) is 5.93. The highest BCUT2D eigenvalue weighted by molar-refractivity contribution is 7.12. The van der Waals surface area contributed by atoms with E-state index in [1.165, 1.54) is 9.75 Å². The van der Waals surface area contributed by atoms with Crippen LogP contribution in [0.1, 0.15) is 34.1 Å². The quantitative estimate of drug-likeness (QED) is 0.879. The summed E-state index contributed by atoms with van der Waals surface area (Å²) in [4.78, 5) is 7.02. The van der Waals surface area contributed by atoms with Crippen LogP contribution in [0.25, 0.3) is 0 Å². The summed E-state index contributed by atoms with van der Waals surface area (Å²) in [5.41, 5.74) is 0. The molecular weight excluding hydrogens is 236 g/mol. The molecule has 0 saturated carbocycles. The van der Waals surface area contributed by atoms with Crippen molar-refractivity contribution in [1.29, 1.82) is 0 Å². The average molecular weight is 252 g/mol. The summed E-state index contributed by atoms with van der Waals surface area (Å²) in [6.07, 6.45) is 3.15. The van der Waals surface area contributed by atoms with Crippen molar-refractivity contribution in [3.63, 3.8) is 0 Å². The molecule has 0 bridgehead atoms. The van der Waals surface area contributed by atoms with Crippen LogP contribution in [0, 0.1) is 6.92 Å². The molecule has 1 atom stereocenters. The van der Waals surface area contributed by atoms with E-state index in [0.717, 1.165) is 18.0 Å². The molecule has 0 radical (unpaired) electrons. The molecule has 2 aromatic rings. The first kappa shape index (κ1) is 11.8. The van der Waals surface area contributed by atoms with Gasteiger partial charge < -0.3 is 5.32 Å². The molecule has 0 fully saturated rings. The molecule has 2 heterocycles. The normalized spacial score (nSPS) is 12.9. The Bertz CT molecular complexity index is 420. The van der Waals surface area contributed by atoms with Gasteiger partial charge in [0.25, 0.3) is 0 Å². The van der Waals surface area contributed by atoms with Gasteiger partial charge in [-0.25, -0.2) is 4.98 Å². The number of hydrogen-bond acceptors (Lipinski definition) is 4. The van der Waals surface area contributed by atoms with Crippen molar-refractivity contribution in [2.45, 2.75) is 26.3 Å². The van der Waals surface area contributed by atoms with Crippen molar-refractivity contribution < 1.29 is 0 Å². The first-order valence-corrected chi connectivity index (χ1v) is 7.20. The van der Waals surface area contributed by atoms with Crippen LogP contribution in [0.3, 0.4) is 0 Å². The standard InChI is InChI=1S/C12H16N2S2/c1-3-6-13-12(10-5-4-7-15-10)11-8-14-9(2)16-11/h4-5,7-8,12-13H,3,6H2,1-2H3.